The molecule has 2 nitrogen and oxygen atoms in total. The first kappa shape index (κ1) is 12.4. The molecule has 2 aliphatic rings. The second-order valence-corrected chi connectivity index (χ2v) is 5.80. The second-order valence-electron chi connectivity index (χ2n) is 5.80. The molecule has 2 fully saturated rings. The molecule has 0 aromatic rings. The first-order valence-electron chi connectivity index (χ1n) is 7.27. The smallest absolute Gasteiger partial charge is 0.0220 e. The van der Waals surface area contributed by atoms with Crippen LogP contribution < -0.4 is 5.32 Å². The van der Waals surface area contributed by atoms with Gasteiger partial charge in [-0.1, -0.05) is 20.3 Å². The van der Waals surface area contributed by atoms with Crippen LogP contribution in [-0.4, -0.2) is 36.6 Å². The summed E-state index contributed by atoms with van der Waals surface area (Å²) >= 11 is 0. The lowest BCUT2D eigenvalue weighted by Gasteiger charge is -2.35. The summed E-state index contributed by atoms with van der Waals surface area (Å²) in [5, 5.41) is 3.80. The Bertz CT molecular complexity index is 205. The van der Waals surface area contributed by atoms with Gasteiger partial charge in [-0.2, -0.15) is 0 Å². The summed E-state index contributed by atoms with van der Waals surface area (Å²) in [5.41, 5.74) is 0. The number of likely N-dealkylation sites (N-methyl/N-ethyl adjacent to an activating group) is 1. The van der Waals surface area contributed by atoms with Gasteiger partial charge in [0.1, 0.15) is 0 Å². The third-order valence-electron chi connectivity index (χ3n) is 4.49. The Morgan fingerprint density at radius 3 is 2.75 bits per heavy atom. The van der Waals surface area contributed by atoms with Crippen LogP contribution in [0.4, 0.5) is 0 Å². The lowest BCUT2D eigenvalue weighted by Crippen LogP contribution is -2.47. The van der Waals surface area contributed by atoms with Crippen molar-refractivity contribution in [2.24, 2.45) is 5.92 Å². The monoisotopic (exact) mass is 224 g/mol. The maximum Gasteiger partial charge on any atom is 0.0220 e. The van der Waals surface area contributed by atoms with E-state index in [1.54, 1.807) is 0 Å². The molecule has 0 amide bonds. The summed E-state index contributed by atoms with van der Waals surface area (Å²) in [5.74, 6) is 0.950. The quantitative estimate of drug-likeness (QED) is 0.790. The van der Waals surface area contributed by atoms with E-state index in [9.17, 15) is 0 Å². The van der Waals surface area contributed by atoms with Crippen LogP contribution in [0.2, 0.25) is 0 Å². The number of hydrogen-bond donors (Lipinski definition) is 1. The Morgan fingerprint density at radius 1 is 1.19 bits per heavy atom. The number of nitrogens with zero attached hydrogens (tertiary/aromatic N) is 1. The molecule has 1 aliphatic carbocycles. The maximum absolute atomic E-state index is 3.80. The highest BCUT2D eigenvalue weighted by Crippen LogP contribution is 2.25. The largest absolute Gasteiger partial charge is 0.312 e. The van der Waals surface area contributed by atoms with Crippen LogP contribution >= 0.6 is 0 Å². The fourth-order valence-electron chi connectivity index (χ4n) is 3.40. The number of likely N-dealkylation sites (tertiary alicyclic amines) is 1. The third kappa shape index (κ3) is 3.21. The zero-order chi connectivity index (χ0) is 11.4. The molecule has 3 atom stereocenters. The zero-order valence-corrected chi connectivity index (χ0v) is 11.0. The minimum absolute atomic E-state index is 0.814. The van der Waals surface area contributed by atoms with Crippen LogP contribution in [0.5, 0.6) is 0 Å². The summed E-state index contributed by atoms with van der Waals surface area (Å²) in [6.45, 7) is 8.47. The molecule has 94 valence electrons. The van der Waals surface area contributed by atoms with E-state index in [1.807, 2.05) is 0 Å². The highest BCUT2D eigenvalue weighted by Gasteiger charge is 2.24. The highest BCUT2D eigenvalue weighted by atomic mass is 15.2. The summed E-state index contributed by atoms with van der Waals surface area (Å²) in [6, 6.07) is 1.63. The van der Waals surface area contributed by atoms with Gasteiger partial charge in [0.15, 0.2) is 0 Å². The molecule has 16 heavy (non-hydrogen) atoms. The zero-order valence-electron chi connectivity index (χ0n) is 11.0. The Labute approximate surface area is 101 Å². The molecular formula is C14H28N2. The molecule has 0 spiro atoms. The molecule has 0 aromatic carbocycles. The van der Waals surface area contributed by atoms with Crippen molar-refractivity contribution >= 4 is 0 Å². The van der Waals surface area contributed by atoms with Crippen molar-refractivity contribution in [3.63, 3.8) is 0 Å². The molecule has 1 saturated carbocycles. The van der Waals surface area contributed by atoms with Crippen molar-refractivity contribution in [1.29, 1.82) is 0 Å². The average Bonchev–Trinajstić information content (AvgIpc) is 2.73. The van der Waals surface area contributed by atoms with Gasteiger partial charge in [0.2, 0.25) is 0 Å². The molecule has 0 aromatic heterocycles. The molecule has 2 rings (SSSR count). The molecule has 1 heterocycles. The van der Waals surface area contributed by atoms with E-state index in [-0.39, 0.29) is 0 Å². The summed E-state index contributed by atoms with van der Waals surface area (Å²) in [6.07, 6.45) is 8.48. The fraction of sp³-hybridized carbons (Fsp3) is 1.00. The molecule has 1 N–H and O–H groups in total. The summed E-state index contributed by atoms with van der Waals surface area (Å²) in [7, 11) is 0. The highest BCUT2D eigenvalue weighted by molar-refractivity contribution is 4.83. The molecular weight excluding hydrogens is 196 g/mol. The first-order chi connectivity index (χ1) is 7.79. The van der Waals surface area contributed by atoms with Crippen molar-refractivity contribution in [2.75, 3.05) is 19.6 Å². The molecule has 3 unspecified atom stereocenters. The standard InChI is InChI=1S/C14H28N2/c1-3-16-9-5-4-6-14(16)11-15-13-8-7-12(2)10-13/h12-15H,3-11H2,1-2H3. The minimum atomic E-state index is 0.814. The Morgan fingerprint density at radius 2 is 2.06 bits per heavy atom. The molecule has 1 aliphatic heterocycles. The van der Waals surface area contributed by atoms with Gasteiger partial charge in [-0.25, -0.2) is 0 Å². The molecule has 2 heteroatoms. The van der Waals surface area contributed by atoms with Crippen molar-refractivity contribution < 1.29 is 0 Å². The topological polar surface area (TPSA) is 15.3 Å². The SMILES string of the molecule is CCN1CCCCC1CNC1CCC(C)C1. The van der Waals surface area contributed by atoms with Gasteiger partial charge in [0, 0.05) is 18.6 Å². The number of nitrogens with one attached hydrogen (secondary N) is 1. The average molecular weight is 224 g/mol. The maximum atomic E-state index is 3.80. The predicted octanol–water partition coefficient (Wildman–Crippen LogP) is 2.64. The van der Waals surface area contributed by atoms with Gasteiger partial charge >= 0.3 is 0 Å². The lowest BCUT2D eigenvalue weighted by molar-refractivity contribution is 0.150. The van der Waals surface area contributed by atoms with Crippen LogP contribution in [0.15, 0.2) is 0 Å². The van der Waals surface area contributed by atoms with Crippen molar-refractivity contribution in [3.8, 4) is 0 Å². The fourth-order valence-corrected chi connectivity index (χ4v) is 3.40. The summed E-state index contributed by atoms with van der Waals surface area (Å²) < 4.78 is 0. The van der Waals surface area contributed by atoms with Gasteiger partial charge < -0.3 is 5.32 Å². The van der Waals surface area contributed by atoms with E-state index in [1.165, 1.54) is 58.2 Å². The van der Waals surface area contributed by atoms with Crippen LogP contribution in [0.25, 0.3) is 0 Å². The second kappa shape index (κ2) is 6.02. The third-order valence-corrected chi connectivity index (χ3v) is 4.49. The van der Waals surface area contributed by atoms with E-state index in [4.69, 9.17) is 0 Å². The van der Waals surface area contributed by atoms with Crippen LogP contribution in [0.1, 0.15) is 52.4 Å². The van der Waals surface area contributed by atoms with Crippen LogP contribution in [-0.2, 0) is 0 Å². The summed E-state index contributed by atoms with van der Waals surface area (Å²) in [4.78, 5) is 2.66. The van der Waals surface area contributed by atoms with Gasteiger partial charge in [0.25, 0.3) is 0 Å². The van der Waals surface area contributed by atoms with Gasteiger partial charge in [-0.05, 0) is 51.1 Å². The van der Waals surface area contributed by atoms with Gasteiger partial charge in [-0.15, -0.1) is 0 Å². The lowest BCUT2D eigenvalue weighted by atomic mass is 10.0. The van der Waals surface area contributed by atoms with Crippen LogP contribution in [0.3, 0.4) is 0 Å². The van der Waals surface area contributed by atoms with E-state index in [0.29, 0.717) is 0 Å². The molecule has 0 radical (unpaired) electrons. The number of hydrogen-bond acceptors (Lipinski definition) is 2. The van der Waals surface area contributed by atoms with E-state index in [0.717, 1.165) is 18.0 Å². The van der Waals surface area contributed by atoms with E-state index in [2.05, 4.69) is 24.1 Å². The Kier molecular flexibility index (Phi) is 4.66. The van der Waals surface area contributed by atoms with Crippen molar-refractivity contribution in [2.45, 2.75) is 64.5 Å². The van der Waals surface area contributed by atoms with Crippen molar-refractivity contribution in [1.82, 2.24) is 10.2 Å². The Balaban J connectivity index is 1.71. The number of rotatable bonds is 4. The van der Waals surface area contributed by atoms with Crippen LogP contribution in [0, 0.1) is 5.92 Å². The molecule has 1 saturated heterocycles. The minimum Gasteiger partial charge on any atom is -0.312 e. The van der Waals surface area contributed by atoms with Gasteiger partial charge in [-0.3, -0.25) is 4.90 Å². The molecule has 0 bridgehead atoms. The van der Waals surface area contributed by atoms with E-state index >= 15 is 0 Å². The number of piperidine rings is 1. The Hall–Kier alpha value is -0.0800. The van der Waals surface area contributed by atoms with Crippen molar-refractivity contribution in [3.05, 3.63) is 0 Å². The van der Waals surface area contributed by atoms with E-state index < -0.39 is 0 Å². The normalized spacial score (nSPS) is 36.8. The van der Waals surface area contributed by atoms with Gasteiger partial charge in [0.05, 0.1) is 0 Å². The predicted molar refractivity (Wildman–Crippen MR) is 69.7 cm³/mol. The first-order valence-corrected chi connectivity index (χ1v) is 7.27.